The lowest BCUT2D eigenvalue weighted by atomic mass is 10.0. The van der Waals surface area contributed by atoms with Gasteiger partial charge in [-0.3, -0.25) is 9.59 Å². The quantitative estimate of drug-likeness (QED) is 0.312. The van der Waals surface area contributed by atoms with Gasteiger partial charge in [-0.1, -0.05) is 65.7 Å². The van der Waals surface area contributed by atoms with Gasteiger partial charge in [0.15, 0.2) is 0 Å². The van der Waals surface area contributed by atoms with Gasteiger partial charge in [-0.25, -0.2) is 0 Å². The Balaban J connectivity index is 3.61. The highest BCUT2D eigenvalue weighted by Crippen LogP contribution is 2.13. The number of hydrogen-bond acceptors (Lipinski definition) is 4. The van der Waals surface area contributed by atoms with Crippen LogP contribution in [0.2, 0.25) is 0 Å². The highest BCUT2D eigenvalue weighted by Gasteiger charge is 2.12. The van der Waals surface area contributed by atoms with E-state index in [1.165, 1.54) is 25.7 Å². The SMILES string of the molecule is CCCCCCCOC(=O)CCC(=O)OCC(CC)CCCC. The van der Waals surface area contributed by atoms with Crippen molar-refractivity contribution >= 4 is 11.9 Å². The van der Waals surface area contributed by atoms with Crippen LogP contribution in [0.1, 0.15) is 91.4 Å². The summed E-state index contributed by atoms with van der Waals surface area (Å²) < 4.78 is 10.4. The summed E-state index contributed by atoms with van der Waals surface area (Å²) in [6, 6.07) is 0. The molecule has 4 nitrogen and oxygen atoms in total. The lowest BCUT2D eigenvalue weighted by Crippen LogP contribution is -2.15. The van der Waals surface area contributed by atoms with Gasteiger partial charge in [-0.15, -0.1) is 0 Å². The van der Waals surface area contributed by atoms with Gasteiger partial charge in [-0.2, -0.15) is 0 Å². The van der Waals surface area contributed by atoms with Gasteiger partial charge in [-0.05, 0) is 18.8 Å². The largest absolute Gasteiger partial charge is 0.466 e. The van der Waals surface area contributed by atoms with Crippen LogP contribution in [0, 0.1) is 5.92 Å². The van der Waals surface area contributed by atoms with Crippen LogP contribution >= 0.6 is 0 Å². The third kappa shape index (κ3) is 14.3. The summed E-state index contributed by atoms with van der Waals surface area (Å²) >= 11 is 0. The van der Waals surface area contributed by atoms with Crippen LogP contribution in [0.25, 0.3) is 0 Å². The van der Waals surface area contributed by atoms with E-state index in [4.69, 9.17) is 9.47 Å². The Labute approximate surface area is 142 Å². The average molecular weight is 328 g/mol. The number of hydrogen-bond donors (Lipinski definition) is 0. The molecule has 0 aromatic rings. The van der Waals surface area contributed by atoms with Crippen molar-refractivity contribution in [2.45, 2.75) is 91.4 Å². The second-order valence-corrected chi connectivity index (χ2v) is 6.23. The maximum Gasteiger partial charge on any atom is 0.306 e. The van der Waals surface area contributed by atoms with Crippen LogP contribution in [-0.4, -0.2) is 25.2 Å². The Morgan fingerprint density at radius 1 is 0.783 bits per heavy atom. The Morgan fingerprint density at radius 2 is 1.39 bits per heavy atom. The minimum Gasteiger partial charge on any atom is -0.466 e. The van der Waals surface area contributed by atoms with E-state index < -0.39 is 0 Å². The molecule has 0 N–H and O–H groups in total. The van der Waals surface area contributed by atoms with E-state index in [1.807, 2.05) is 0 Å². The fourth-order valence-corrected chi connectivity index (χ4v) is 2.35. The first-order chi connectivity index (χ1) is 11.1. The minimum absolute atomic E-state index is 0.124. The smallest absolute Gasteiger partial charge is 0.306 e. The van der Waals surface area contributed by atoms with Crippen molar-refractivity contribution in [3.63, 3.8) is 0 Å². The predicted molar refractivity (Wildman–Crippen MR) is 93.2 cm³/mol. The number of carbonyl (C=O) groups is 2. The maximum absolute atomic E-state index is 11.7. The zero-order valence-corrected chi connectivity index (χ0v) is 15.4. The highest BCUT2D eigenvalue weighted by molar-refractivity contribution is 5.77. The summed E-state index contributed by atoms with van der Waals surface area (Å²) in [6.45, 7) is 7.39. The molecule has 0 aliphatic rings. The molecule has 4 heteroatoms. The molecule has 0 aromatic heterocycles. The fourth-order valence-electron chi connectivity index (χ4n) is 2.35. The van der Waals surface area contributed by atoms with Crippen molar-refractivity contribution in [1.29, 1.82) is 0 Å². The van der Waals surface area contributed by atoms with Gasteiger partial charge in [0.2, 0.25) is 0 Å². The van der Waals surface area contributed by atoms with Crippen LogP contribution < -0.4 is 0 Å². The Morgan fingerprint density at radius 3 is 2.00 bits per heavy atom. The fraction of sp³-hybridized carbons (Fsp3) is 0.895. The molecule has 0 fully saturated rings. The molecular weight excluding hydrogens is 292 g/mol. The van der Waals surface area contributed by atoms with Crippen LogP contribution in [0.4, 0.5) is 0 Å². The van der Waals surface area contributed by atoms with Crippen molar-refractivity contribution < 1.29 is 19.1 Å². The summed E-state index contributed by atoms with van der Waals surface area (Å²) in [5.74, 6) is -0.149. The van der Waals surface area contributed by atoms with Crippen molar-refractivity contribution in [3.8, 4) is 0 Å². The Bertz CT molecular complexity index is 302. The maximum atomic E-state index is 11.7. The van der Waals surface area contributed by atoms with Gasteiger partial charge >= 0.3 is 11.9 Å². The Kier molecular flexibility index (Phi) is 15.1. The summed E-state index contributed by atoms with van der Waals surface area (Å²) in [5.41, 5.74) is 0. The summed E-state index contributed by atoms with van der Waals surface area (Å²) in [5, 5.41) is 0. The predicted octanol–water partition coefficient (Wildman–Crippen LogP) is 5.04. The summed E-state index contributed by atoms with van der Waals surface area (Å²) in [7, 11) is 0. The zero-order chi connectivity index (χ0) is 17.3. The lowest BCUT2D eigenvalue weighted by molar-refractivity contribution is -0.151. The van der Waals surface area contributed by atoms with Crippen LogP contribution in [0.15, 0.2) is 0 Å². The first-order valence-corrected chi connectivity index (χ1v) is 9.45. The number of rotatable bonds is 15. The van der Waals surface area contributed by atoms with Gasteiger partial charge in [0.05, 0.1) is 26.1 Å². The van der Waals surface area contributed by atoms with Gasteiger partial charge < -0.3 is 9.47 Å². The molecular formula is C19H36O4. The number of esters is 2. The molecule has 0 radical (unpaired) electrons. The van der Waals surface area contributed by atoms with Crippen LogP contribution in [0.3, 0.4) is 0 Å². The van der Waals surface area contributed by atoms with E-state index in [-0.39, 0.29) is 24.8 Å². The Hall–Kier alpha value is -1.06. The van der Waals surface area contributed by atoms with Crippen molar-refractivity contribution in [1.82, 2.24) is 0 Å². The molecule has 1 unspecified atom stereocenters. The van der Waals surface area contributed by atoms with E-state index in [2.05, 4.69) is 20.8 Å². The van der Waals surface area contributed by atoms with Gasteiger partial charge in [0.25, 0.3) is 0 Å². The van der Waals surface area contributed by atoms with Gasteiger partial charge in [0.1, 0.15) is 0 Å². The van der Waals surface area contributed by atoms with E-state index in [0.717, 1.165) is 32.1 Å². The third-order valence-electron chi connectivity index (χ3n) is 4.07. The number of ether oxygens (including phenoxy) is 2. The first-order valence-electron chi connectivity index (χ1n) is 9.45. The number of unbranched alkanes of at least 4 members (excludes halogenated alkanes) is 5. The van der Waals surface area contributed by atoms with E-state index in [1.54, 1.807) is 0 Å². The van der Waals surface area contributed by atoms with Crippen LogP contribution in [0.5, 0.6) is 0 Å². The monoisotopic (exact) mass is 328 g/mol. The van der Waals surface area contributed by atoms with E-state index >= 15 is 0 Å². The second kappa shape index (κ2) is 15.8. The zero-order valence-electron chi connectivity index (χ0n) is 15.4. The number of carbonyl (C=O) groups excluding carboxylic acids is 2. The molecule has 0 aliphatic carbocycles. The van der Waals surface area contributed by atoms with E-state index in [9.17, 15) is 9.59 Å². The first kappa shape index (κ1) is 21.9. The van der Waals surface area contributed by atoms with Crippen molar-refractivity contribution in [3.05, 3.63) is 0 Å². The molecule has 0 saturated carbocycles. The molecule has 0 rings (SSSR count). The molecule has 0 aliphatic heterocycles. The normalized spacial score (nSPS) is 12.0. The highest BCUT2D eigenvalue weighted by atomic mass is 16.5. The molecule has 0 saturated heterocycles. The molecule has 0 heterocycles. The molecule has 1 atom stereocenters. The topological polar surface area (TPSA) is 52.6 Å². The molecule has 0 spiro atoms. The average Bonchev–Trinajstić information content (AvgIpc) is 2.56. The summed E-state index contributed by atoms with van der Waals surface area (Å²) in [6.07, 6.45) is 10.3. The lowest BCUT2D eigenvalue weighted by Gasteiger charge is -2.14. The van der Waals surface area contributed by atoms with Gasteiger partial charge in [0, 0.05) is 0 Å². The molecule has 0 bridgehead atoms. The molecule has 0 amide bonds. The van der Waals surface area contributed by atoms with E-state index in [0.29, 0.717) is 19.1 Å². The standard InChI is InChI=1S/C19H36O4/c1-4-7-9-10-11-15-22-18(20)13-14-19(21)23-16-17(6-3)12-8-5-2/h17H,4-16H2,1-3H3. The second-order valence-electron chi connectivity index (χ2n) is 6.23. The summed E-state index contributed by atoms with van der Waals surface area (Å²) in [4.78, 5) is 23.2. The van der Waals surface area contributed by atoms with Crippen LogP contribution in [-0.2, 0) is 19.1 Å². The van der Waals surface area contributed by atoms with Crippen molar-refractivity contribution in [2.75, 3.05) is 13.2 Å². The molecule has 136 valence electrons. The minimum atomic E-state index is -0.296. The van der Waals surface area contributed by atoms with Crippen molar-refractivity contribution in [2.24, 2.45) is 5.92 Å². The molecule has 23 heavy (non-hydrogen) atoms. The molecule has 0 aromatic carbocycles. The third-order valence-corrected chi connectivity index (χ3v) is 4.07.